The summed E-state index contributed by atoms with van der Waals surface area (Å²) in [5.41, 5.74) is 5.46. The van der Waals surface area contributed by atoms with Crippen LogP contribution < -0.4 is 9.64 Å². The number of para-hydroxylation sites is 1. The van der Waals surface area contributed by atoms with E-state index in [1.54, 1.807) is 6.07 Å². The Morgan fingerprint density at radius 2 is 1.64 bits per heavy atom. The van der Waals surface area contributed by atoms with E-state index in [2.05, 4.69) is 46.9 Å². The molecule has 0 fully saturated rings. The molecule has 0 atom stereocenters. The number of alkyl halides is 3. The zero-order chi connectivity index (χ0) is 24.3. The molecule has 0 N–H and O–H groups in total. The van der Waals surface area contributed by atoms with Crippen molar-refractivity contribution in [3.63, 3.8) is 0 Å². The molecule has 0 radical (unpaired) electrons. The minimum Gasteiger partial charge on any atom is -0.406 e. The smallest absolute Gasteiger partial charge is 0.406 e. The molecule has 0 amide bonds. The van der Waals surface area contributed by atoms with Crippen LogP contribution in [0.4, 0.5) is 18.9 Å². The van der Waals surface area contributed by atoms with Gasteiger partial charge in [-0.1, -0.05) is 74.8 Å². The molecule has 6 heteroatoms. The van der Waals surface area contributed by atoms with Gasteiger partial charge in [0.15, 0.2) is 0 Å². The molecule has 0 spiro atoms. The molecule has 0 bridgehead atoms. The number of nitrogens with zero attached hydrogens (tertiary/aromatic N) is 1. The van der Waals surface area contributed by atoms with Gasteiger partial charge in [0.25, 0.3) is 0 Å². The summed E-state index contributed by atoms with van der Waals surface area (Å²) in [5.74, 6) is -0.194. The van der Waals surface area contributed by atoms with E-state index in [1.807, 2.05) is 26.0 Å². The quantitative estimate of drug-likeness (QED) is 0.372. The van der Waals surface area contributed by atoms with Gasteiger partial charge < -0.3 is 9.64 Å². The first-order chi connectivity index (χ1) is 15.9. The summed E-state index contributed by atoms with van der Waals surface area (Å²) in [5, 5.41) is 0.807. The monoisotopic (exact) mass is 477 g/mol. The maximum atomic E-state index is 11.5. The topological polar surface area (TPSA) is 12.5 Å². The molecule has 1 heterocycles. The van der Waals surface area contributed by atoms with Crippen molar-refractivity contribution in [1.82, 2.24) is 0 Å². The minimum absolute atomic E-state index is 0.194. The molecule has 3 aromatic rings. The van der Waals surface area contributed by atoms with Gasteiger partial charge in [0, 0.05) is 23.8 Å². The lowest BCUT2D eigenvalue weighted by Gasteiger charge is -2.32. The maximum absolute atomic E-state index is 11.5. The molecular weight excluding hydrogens is 447 g/mol. The first-order valence-corrected chi connectivity index (χ1v) is 11.7. The molecular formula is C27H31ClF3NO. The summed E-state index contributed by atoms with van der Waals surface area (Å²) in [6.45, 7) is 8.57. The summed E-state index contributed by atoms with van der Waals surface area (Å²) in [6, 6.07) is 21.9. The Balaban J connectivity index is 0.000000252. The molecule has 0 unspecified atom stereocenters. The van der Waals surface area contributed by atoms with Crippen LogP contribution in [0.1, 0.15) is 39.2 Å². The highest BCUT2D eigenvalue weighted by molar-refractivity contribution is 6.30. The predicted octanol–water partition coefficient (Wildman–Crippen LogP) is 8.78. The van der Waals surface area contributed by atoms with Crippen LogP contribution >= 0.6 is 11.6 Å². The van der Waals surface area contributed by atoms with E-state index < -0.39 is 6.36 Å². The highest BCUT2D eigenvalue weighted by Crippen LogP contribution is 2.36. The van der Waals surface area contributed by atoms with Gasteiger partial charge in [0.2, 0.25) is 0 Å². The van der Waals surface area contributed by atoms with Crippen LogP contribution in [0.3, 0.4) is 0 Å². The van der Waals surface area contributed by atoms with E-state index in [0.717, 1.165) is 18.0 Å². The number of fused-ring (bicyclic) bond motifs is 1. The molecule has 0 saturated carbocycles. The fourth-order valence-electron chi connectivity index (χ4n) is 3.75. The van der Waals surface area contributed by atoms with E-state index in [1.165, 1.54) is 66.0 Å². The van der Waals surface area contributed by atoms with Crippen molar-refractivity contribution in [3.8, 4) is 16.9 Å². The van der Waals surface area contributed by atoms with Crippen molar-refractivity contribution in [2.75, 3.05) is 18.0 Å². The van der Waals surface area contributed by atoms with Crippen LogP contribution in [0.25, 0.3) is 11.1 Å². The third kappa shape index (κ3) is 8.32. The summed E-state index contributed by atoms with van der Waals surface area (Å²) in [4.78, 5) is 2.52. The predicted molar refractivity (Wildman–Crippen MR) is 132 cm³/mol. The molecule has 178 valence electrons. The average molecular weight is 478 g/mol. The third-order valence-electron chi connectivity index (χ3n) is 4.95. The molecule has 0 aromatic heterocycles. The van der Waals surface area contributed by atoms with Gasteiger partial charge >= 0.3 is 6.36 Å². The lowest BCUT2D eigenvalue weighted by Crippen LogP contribution is -2.30. The van der Waals surface area contributed by atoms with Crippen molar-refractivity contribution in [2.45, 2.75) is 46.4 Å². The van der Waals surface area contributed by atoms with E-state index in [9.17, 15) is 13.2 Å². The third-order valence-corrected chi connectivity index (χ3v) is 5.19. The number of hydrogen-bond donors (Lipinski definition) is 0. The summed E-state index contributed by atoms with van der Waals surface area (Å²) in [6.07, 6.45) is -0.995. The zero-order valence-electron chi connectivity index (χ0n) is 19.3. The van der Waals surface area contributed by atoms with Gasteiger partial charge in [-0.05, 0) is 66.3 Å². The van der Waals surface area contributed by atoms with Crippen molar-refractivity contribution in [1.29, 1.82) is 0 Å². The van der Waals surface area contributed by atoms with Gasteiger partial charge in [-0.2, -0.15) is 0 Å². The van der Waals surface area contributed by atoms with Crippen molar-refractivity contribution in [2.24, 2.45) is 0 Å². The Labute approximate surface area is 200 Å². The molecule has 4 rings (SSSR count). The highest BCUT2D eigenvalue weighted by Gasteiger charge is 2.30. The molecule has 33 heavy (non-hydrogen) atoms. The molecule has 0 aliphatic carbocycles. The number of hydrogen-bond acceptors (Lipinski definition) is 2. The molecule has 2 nitrogen and oxygen atoms in total. The largest absolute Gasteiger partial charge is 0.573 e. The maximum Gasteiger partial charge on any atom is 0.573 e. The Kier molecular flexibility index (Phi) is 10.6. The van der Waals surface area contributed by atoms with Crippen LogP contribution in [0.15, 0.2) is 72.8 Å². The highest BCUT2D eigenvalue weighted by atomic mass is 35.5. The minimum atomic E-state index is -4.60. The normalized spacial score (nSPS) is 12.5. The standard InChI is InChI=1S/C18H20ClN.C7H5F3O.C2H6/c1-2-11-20-12-5-9-17-16(8-4-10-18(17)20)14-6-3-7-15(19)13-14;8-7(9,10)11-6-4-2-1-3-5-6;1-2/h3-4,6-8,10,13H,2,5,9,11-12H2,1H3;1-5H;1-2H3. The molecule has 1 aliphatic heterocycles. The van der Waals surface area contributed by atoms with Gasteiger partial charge in [-0.25, -0.2) is 0 Å². The van der Waals surface area contributed by atoms with Crippen LogP contribution in [0, 0.1) is 0 Å². The lowest BCUT2D eigenvalue weighted by molar-refractivity contribution is -0.274. The van der Waals surface area contributed by atoms with Crippen molar-refractivity contribution < 1.29 is 17.9 Å². The summed E-state index contributed by atoms with van der Waals surface area (Å²) in [7, 11) is 0. The Morgan fingerprint density at radius 3 is 2.27 bits per heavy atom. The Bertz CT molecular complexity index is 977. The van der Waals surface area contributed by atoms with E-state index in [0.29, 0.717) is 0 Å². The van der Waals surface area contributed by atoms with Gasteiger partial charge in [-0.3, -0.25) is 0 Å². The number of rotatable bonds is 4. The Hall–Kier alpha value is -2.66. The van der Waals surface area contributed by atoms with Crippen molar-refractivity contribution >= 4 is 17.3 Å². The zero-order valence-corrected chi connectivity index (χ0v) is 20.1. The van der Waals surface area contributed by atoms with Crippen LogP contribution in [0.2, 0.25) is 5.02 Å². The Morgan fingerprint density at radius 1 is 0.939 bits per heavy atom. The first kappa shape index (κ1) is 26.6. The molecule has 3 aromatic carbocycles. The number of benzene rings is 3. The van der Waals surface area contributed by atoms with Crippen LogP contribution in [-0.2, 0) is 6.42 Å². The van der Waals surface area contributed by atoms with Crippen LogP contribution in [-0.4, -0.2) is 19.5 Å². The summed E-state index contributed by atoms with van der Waals surface area (Å²) < 4.78 is 38.2. The van der Waals surface area contributed by atoms with E-state index >= 15 is 0 Å². The number of anilines is 1. The van der Waals surface area contributed by atoms with Gasteiger partial charge in [0.1, 0.15) is 5.75 Å². The first-order valence-electron chi connectivity index (χ1n) is 11.3. The summed E-state index contributed by atoms with van der Waals surface area (Å²) >= 11 is 6.15. The van der Waals surface area contributed by atoms with Gasteiger partial charge in [0.05, 0.1) is 0 Å². The lowest BCUT2D eigenvalue weighted by atomic mass is 9.92. The molecule has 1 aliphatic rings. The van der Waals surface area contributed by atoms with E-state index in [4.69, 9.17) is 11.6 Å². The van der Waals surface area contributed by atoms with Gasteiger partial charge in [-0.15, -0.1) is 13.2 Å². The van der Waals surface area contributed by atoms with Crippen LogP contribution in [0.5, 0.6) is 5.75 Å². The number of halogens is 4. The van der Waals surface area contributed by atoms with Crippen molar-refractivity contribution in [3.05, 3.63) is 83.4 Å². The second kappa shape index (κ2) is 13.1. The fraction of sp³-hybridized carbons (Fsp3) is 0.333. The average Bonchev–Trinajstić information content (AvgIpc) is 2.80. The second-order valence-electron chi connectivity index (χ2n) is 7.27. The SMILES string of the molecule is CC.CCCN1CCCc2c(-c3cccc(Cl)c3)cccc21.FC(F)(F)Oc1ccccc1. The molecule has 0 saturated heterocycles. The number of ether oxygens (including phenoxy) is 1. The van der Waals surface area contributed by atoms with E-state index in [-0.39, 0.29) is 5.75 Å². The second-order valence-corrected chi connectivity index (χ2v) is 7.70. The fourth-order valence-corrected chi connectivity index (χ4v) is 3.94.